The van der Waals surface area contributed by atoms with Crippen LogP contribution < -0.4 is 0 Å². The number of thiazole rings is 1. The summed E-state index contributed by atoms with van der Waals surface area (Å²) in [7, 11) is 0. The molecular formula is C18H16N4OS. The predicted octanol–water partition coefficient (Wildman–Crippen LogP) is 4.58. The smallest absolute Gasteiger partial charge is 0.180 e. The summed E-state index contributed by atoms with van der Waals surface area (Å²) in [6.45, 7) is 6.03. The van der Waals surface area contributed by atoms with Crippen LogP contribution in [-0.2, 0) is 0 Å². The molecule has 0 fully saturated rings. The van der Waals surface area contributed by atoms with Crippen molar-refractivity contribution in [3.63, 3.8) is 0 Å². The quantitative estimate of drug-likeness (QED) is 0.549. The number of aryl methyl sites for hydroxylation is 2. The molecule has 6 heteroatoms. The molecule has 0 aliphatic rings. The van der Waals surface area contributed by atoms with Gasteiger partial charge in [-0.1, -0.05) is 11.2 Å². The van der Waals surface area contributed by atoms with E-state index in [4.69, 9.17) is 9.51 Å². The number of rotatable bonds is 3. The molecule has 4 aromatic rings. The topological polar surface area (TPSA) is 56.7 Å². The first-order chi connectivity index (χ1) is 11.6. The maximum Gasteiger partial charge on any atom is 0.180 e. The zero-order valence-electron chi connectivity index (χ0n) is 13.6. The highest BCUT2D eigenvalue weighted by Crippen LogP contribution is 2.32. The van der Waals surface area contributed by atoms with E-state index in [-0.39, 0.29) is 0 Å². The molecule has 0 radical (unpaired) electrons. The molecule has 0 unspecified atom stereocenters. The average Bonchev–Trinajstić information content (AvgIpc) is 3.28. The van der Waals surface area contributed by atoms with Crippen LogP contribution in [0.25, 0.3) is 27.8 Å². The van der Waals surface area contributed by atoms with Gasteiger partial charge in [0.2, 0.25) is 0 Å². The first-order valence-electron chi connectivity index (χ1n) is 7.63. The van der Waals surface area contributed by atoms with Crippen molar-refractivity contribution in [1.29, 1.82) is 0 Å². The molecule has 0 saturated heterocycles. The minimum Gasteiger partial charge on any atom is -0.360 e. The molecular weight excluding hydrogens is 320 g/mol. The highest BCUT2D eigenvalue weighted by molar-refractivity contribution is 7.13. The van der Waals surface area contributed by atoms with Gasteiger partial charge in [-0.05, 0) is 39.0 Å². The Morgan fingerprint density at radius 3 is 2.67 bits per heavy atom. The van der Waals surface area contributed by atoms with Crippen LogP contribution >= 0.6 is 11.3 Å². The molecule has 0 N–H and O–H groups in total. The molecule has 5 nitrogen and oxygen atoms in total. The van der Waals surface area contributed by atoms with Gasteiger partial charge in [0.1, 0.15) is 10.8 Å². The lowest BCUT2D eigenvalue weighted by atomic mass is 10.2. The molecule has 24 heavy (non-hydrogen) atoms. The molecule has 4 rings (SSSR count). The number of aromatic nitrogens is 4. The molecule has 4 aromatic heterocycles. The van der Waals surface area contributed by atoms with Crippen LogP contribution in [0.15, 0.2) is 46.4 Å². The molecule has 0 bridgehead atoms. The van der Waals surface area contributed by atoms with Crippen LogP contribution in [0.3, 0.4) is 0 Å². The normalized spacial score (nSPS) is 11.1. The summed E-state index contributed by atoms with van der Waals surface area (Å²) in [5, 5.41) is 7.13. The zero-order valence-corrected chi connectivity index (χ0v) is 14.5. The van der Waals surface area contributed by atoms with E-state index >= 15 is 0 Å². The Labute approximate surface area is 143 Å². The first-order valence-corrected chi connectivity index (χ1v) is 8.51. The Balaban J connectivity index is 1.77. The van der Waals surface area contributed by atoms with Gasteiger partial charge in [0, 0.05) is 34.6 Å². The average molecular weight is 336 g/mol. The van der Waals surface area contributed by atoms with Gasteiger partial charge < -0.3 is 4.52 Å². The Morgan fingerprint density at radius 1 is 1.08 bits per heavy atom. The molecule has 0 aromatic carbocycles. The molecule has 0 amide bonds. The minimum atomic E-state index is 0.796. The highest BCUT2D eigenvalue weighted by atomic mass is 32.1. The fourth-order valence-corrected chi connectivity index (χ4v) is 3.63. The van der Waals surface area contributed by atoms with E-state index in [1.54, 1.807) is 17.5 Å². The highest BCUT2D eigenvalue weighted by Gasteiger charge is 2.17. The number of hydrogen-bond acceptors (Lipinski definition) is 5. The van der Waals surface area contributed by atoms with Gasteiger partial charge in [0.25, 0.3) is 0 Å². The lowest BCUT2D eigenvalue weighted by Crippen LogP contribution is -1.99. The Bertz CT molecular complexity index is 997. The zero-order chi connectivity index (χ0) is 16.7. The summed E-state index contributed by atoms with van der Waals surface area (Å²) in [6.07, 6.45) is 1.79. The summed E-state index contributed by atoms with van der Waals surface area (Å²) in [6, 6.07) is 9.93. The maximum atomic E-state index is 5.21. The van der Waals surface area contributed by atoms with Crippen LogP contribution in [-0.4, -0.2) is 19.7 Å². The van der Waals surface area contributed by atoms with Crippen molar-refractivity contribution in [2.75, 3.05) is 0 Å². The third kappa shape index (κ3) is 2.45. The van der Waals surface area contributed by atoms with Gasteiger partial charge in [-0.25, -0.2) is 4.98 Å². The third-order valence-corrected chi connectivity index (χ3v) is 4.80. The van der Waals surface area contributed by atoms with Crippen LogP contribution in [0, 0.1) is 20.8 Å². The van der Waals surface area contributed by atoms with Gasteiger partial charge in [0.05, 0.1) is 11.4 Å². The summed E-state index contributed by atoms with van der Waals surface area (Å²) in [5.74, 6) is 1.60. The molecule has 120 valence electrons. The molecule has 0 aliphatic carbocycles. The number of pyridine rings is 1. The fraction of sp³-hybridized carbons (Fsp3) is 0.167. The first kappa shape index (κ1) is 14.8. The predicted molar refractivity (Wildman–Crippen MR) is 94.4 cm³/mol. The lowest BCUT2D eigenvalue weighted by molar-refractivity contribution is 0.394. The largest absolute Gasteiger partial charge is 0.360 e. The maximum absolute atomic E-state index is 5.21. The molecule has 0 spiro atoms. The van der Waals surface area contributed by atoms with E-state index in [0.717, 1.165) is 44.9 Å². The van der Waals surface area contributed by atoms with Crippen molar-refractivity contribution in [1.82, 2.24) is 19.7 Å². The van der Waals surface area contributed by atoms with Gasteiger partial charge >= 0.3 is 0 Å². The monoisotopic (exact) mass is 336 g/mol. The molecule has 0 saturated carbocycles. The second-order valence-electron chi connectivity index (χ2n) is 5.67. The molecule has 0 atom stereocenters. The second kappa shape index (κ2) is 5.72. The van der Waals surface area contributed by atoms with E-state index in [9.17, 15) is 0 Å². The SMILES string of the molecule is Cc1cc(-n2c(C)cc(-c3csc(-c4ccccn4)n3)c2C)no1. The number of nitrogens with zero attached hydrogens (tertiary/aromatic N) is 4. The summed E-state index contributed by atoms with van der Waals surface area (Å²) >= 11 is 1.60. The van der Waals surface area contributed by atoms with Crippen molar-refractivity contribution >= 4 is 11.3 Å². The van der Waals surface area contributed by atoms with Crippen LogP contribution in [0.1, 0.15) is 17.1 Å². The van der Waals surface area contributed by atoms with Crippen LogP contribution in [0.2, 0.25) is 0 Å². The van der Waals surface area contributed by atoms with Crippen molar-refractivity contribution in [2.45, 2.75) is 20.8 Å². The Kier molecular flexibility index (Phi) is 3.54. The Morgan fingerprint density at radius 2 is 1.96 bits per heavy atom. The molecule has 4 heterocycles. The third-order valence-electron chi connectivity index (χ3n) is 3.94. The van der Waals surface area contributed by atoms with Crippen molar-refractivity contribution in [3.8, 4) is 27.8 Å². The van der Waals surface area contributed by atoms with E-state index in [2.05, 4.69) is 40.0 Å². The van der Waals surface area contributed by atoms with E-state index in [1.807, 2.05) is 31.2 Å². The van der Waals surface area contributed by atoms with Gasteiger partial charge in [-0.3, -0.25) is 9.55 Å². The van der Waals surface area contributed by atoms with E-state index < -0.39 is 0 Å². The lowest BCUT2D eigenvalue weighted by Gasteiger charge is -2.04. The van der Waals surface area contributed by atoms with E-state index in [0.29, 0.717) is 0 Å². The van der Waals surface area contributed by atoms with Gasteiger partial charge in [-0.2, -0.15) is 0 Å². The molecule has 0 aliphatic heterocycles. The summed E-state index contributed by atoms with van der Waals surface area (Å²) in [4.78, 5) is 9.14. The van der Waals surface area contributed by atoms with Gasteiger partial charge in [-0.15, -0.1) is 11.3 Å². The minimum absolute atomic E-state index is 0.796. The van der Waals surface area contributed by atoms with Crippen LogP contribution in [0.5, 0.6) is 0 Å². The van der Waals surface area contributed by atoms with Crippen molar-refractivity contribution in [3.05, 3.63) is 59.1 Å². The fourth-order valence-electron chi connectivity index (χ4n) is 2.84. The standard InChI is InChI=1S/C18H16N4OS/c1-11-8-14(13(3)22(11)17-9-12(2)23-21-17)16-10-24-18(20-16)15-6-4-5-7-19-15/h4-10H,1-3H3. The summed E-state index contributed by atoms with van der Waals surface area (Å²) in [5.41, 5.74) is 5.16. The number of hydrogen-bond donors (Lipinski definition) is 0. The van der Waals surface area contributed by atoms with Gasteiger partial charge in [0.15, 0.2) is 5.82 Å². The van der Waals surface area contributed by atoms with Crippen molar-refractivity contribution < 1.29 is 4.52 Å². The summed E-state index contributed by atoms with van der Waals surface area (Å²) < 4.78 is 7.30. The van der Waals surface area contributed by atoms with Crippen LogP contribution in [0.4, 0.5) is 0 Å². The second-order valence-corrected chi connectivity index (χ2v) is 6.53. The van der Waals surface area contributed by atoms with Crippen molar-refractivity contribution in [2.24, 2.45) is 0 Å². The Hall–Kier alpha value is -2.73. The van der Waals surface area contributed by atoms with E-state index in [1.165, 1.54) is 0 Å².